The maximum absolute atomic E-state index is 13.8. The van der Waals surface area contributed by atoms with Gasteiger partial charge in [0.2, 0.25) is 5.91 Å². The van der Waals surface area contributed by atoms with Crippen molar-refractivity contribution in [3.05, 3.63) is 69.5 Å². The Kier molecular flexibility index (Phi) is 4.67. The van der Waals surface area contributed by atoms with Crippen molar-refractivity contribution in [1.29, 1.82) is 0 Å². The number of amides is 1. The monoisotopic (exact) mass is 331 g/mol. The quantitative estimate of drug-likeness (QED) is 0.884. The van der Waals surface area contributed by atoms with Crippen LogP contribution in [0.1, 0.15) is 41.6 Å². The molecule has 0 unspecified atom stereocenters. The predicted octanol–water partition coefficient (Wildman–Crippen LogP) is 4.39. The van der Waals surface area contributed by atoms with Crippen molar-refractivity contribution >= 4 is 17.5 Å². The molecule has 0 bridgehead atoms. The molecule has 0 aromatic heterocycles. The molecule has 23 heavy (non-hydrogen) atoms. The van der Waals surface area contributed by atoms with Gasteiger partial charge in [-0.3, -0.25) is 4.79 Å². The summed E-state index contributed by atoms with van der Waals surface area (Å²) in [6.45, 7) is 1.95. The van der Waals surface area contributed by atoms with Crippen LogP contribution in [0.5, 0.6) is 0 Å². The van der Waals surface area contributed by atoms with Crippen LogP contribution in [0.25, 0.3) is 0 Å². The van der Waals surface area contributed by atoms with Crippen molar-refractivity contribution in [3.63, 3.8) is 0 Å². The van der Waals surface area contributed by atoms with Crippen molar-refractivity contribution in [2.24, 2.45) is 0 Å². The van der Waals surface area contributed by atoms with E-state index in [1.807, 2.05) is 6.92 Å². The van der Waals surface area contributed by atoms with Gasteiger partial charge in [-0.2, -0.15) is 0 Å². The molecule has 2 aromatic rings. The average molecular weight is 332 g/mol. The number of aryl methyl sites for hydroxylation is 2. The largest absolute Gasteiger partial charge is 0.349 e. The summed E-state index contributed by atoms with van der Waals surface area (Å²) in [6, 6.07) is 10.7. The predicted molar refractivity (Wildman–Crippen MR) is 90.1 cm³/mol. The standard InChI is InChI=1S/C19H19ClFNO/c1-12(14-6-5-13-3-2-4-15(13)9-14)22-19(23)10-16-7-8-17(20)11-18(16)21/h5-9,11-12H,2-4,10H2,1H3,(H,22,23)/t12-/m1/s1. The number of carbonyl (C=O) groups excluding carboxylic acids is 1. The SMILES string of the molecule is C[C@@H](NC(=O)Cc1ccc(Cl)cc1F)c1ccc2c(c1)CCC2. The molecular formula is C19H19ClFNO. The normalized spacial score (nSPS) is 14.4. The molecule has 4 heteroatoms. The summed E-state index contributed by atoms with van der Waals surface area (Å²) in [6.07, 6.45) is 3.47. The van der Waals surface area contributed by atoms with E-state index in [9.17, 15) is 9.18 Å². The summed E-state index contributed by atoms with van der Waals surface area (Å²) in [7, 11) is 0. The molecule has 0 spiro atoms. The zero-order chi connectivity index (χ0) is 16.4. The molecule has 0 radical (unpaired) electrons. The number of rotatable bonds is 4. The smallest absolute Gasteiger partial charge is 0.225 e. The summed E-state index contributed by atoms with van der Waals surface area (Å²) in [4.78, 5) is 12.2. The van der Waals surface area contributed by atoms with Gasteiger partial charge in [0.05, 0.1) is 12.5 Å². The molecule has 1 aliphatic rings. The van der Waals surface area contributed by atoms with Crippen LogP contribution in [0.15, 0.2) is 36.4 Å². The molecule has 0 aliphatic heterocycles. The second-order valence-corrected chi connectivity index (χ2v) is 6.52. The Balaban J connectivity index is 1.65. The van der Waals surface area contributed by atoms with Crippen molar-refractivity contribution in [1.82, 2.24) is 5.32 Å². The second-order valence-electron chi connectivity index (χ2n) is 6.08. The molecule has 1 amide bonds. The van der Waals surface area contributed by atoms with Gasteiger partial charge >= 0.3 is 0 Å². The highest BCUT2D eigenvalue weighted by molar-refractivity contribution is 6.30. The van der Waals surface area contributed by atoms with Crippen molar-refractivity contribution in [2.45, 2.75) is 38.6 Å². The summed E-state index contributed by atoms with van der Waals surface area (Å²) in [5.41, 5.74) is 4.24. The van der Waals surface area contributed by atoms with Gasteiger partial charge in [0, 0.05) is 5.02 Å². The maximum atomic E-state index is 13.8. The third-order valence-electron chi connectivity index (χ3n) is 4.37. The molecule has 0 saturated carbocycles. The fraction of sp³-hybridized carbons (Fsp3) is 0.316. The van der Waals surface area contributed by atoms with Gasteiger partial charge in [-0.1, -0.05) is 35.9 Å². The van der Waals surface area contributed by atoms with Gasteiger partial charge in [-0.15, -0.1) is 0 Å². The molecule has 2 nitrogen and oxygen atoms in total. The number of carbonyl (C=O) groups is 1. The third kappa shape index (κ3) is 3.73. The highest BCUT2D eigenvalue weighted by atomic mass is 35.5. The minimum atomic E-state index is -0.446. The van der Waals surface area contributed by atoms with Gasteiger partial charge in [-0.05, 0) is 60.6 Å². The van der Waals surface area contributed by atoms with Gasteiger partial charge in [0.25, 0.3) is 0 Å². The van der Waals surface area contributed by atoms with Gasteiger partial charge < -0.3 is 5.32 Å². The fourth-order valence-electron chi connectivity index (χ4n) is 3.07. The van der Waals surface area contributed by atoms with E-state index < -0.39 is 5.82 Å². The third-order valence-corrected chi connectivity index (χ3v) is 4.60. The Bertz CT molecular complexity index is 744. The summed E-state index contributed by atoms with van der Waals surface area (Å²) >= 11 is 5.72. The topological polar surface area (TPSA) is 29.1 Å². The van der Waals surface area contributed by atoms with Crippen LogP contribution in [-0.4, -0.2) is 5.91 Å². The zero-order valence-electron chi connectivity index (χ0n) is 13.0. The van der Waals surface area contributed by atoms with Crippen LogP contribution in [0.4, 0.5) is 4.39 Å². The highest BCUT2D eigenvalue weighted by Gasteiger charge is 2.16. The Morgan fingerprint density at radius 1 is 1.22 bits per heavy atom. The number of benzene rings is 2. The minimum absolute atomic E-state index is 0.0122. The average Bonchev–Trinajstić information content (AvgIpc) is 2.97. The van der Waals surface area contributed by atoms with E-state index in [1.54, 1.807) is 12.1 Å². The van der Waals surface area contributed by atoms with Crippen molar-refractivity contribution in [2.75, 3.05) is 0 Å². The van der Waals surface area contributed by atoms with Crippen molar-refractivity contribution in [3.8, 4) is 0 Å². The summed E-state index contributed by atoms with van der Waals surface area (Å²) in [5.74, 6) is -0.642. The molecule has 120 valence electrons. The van der Waals surface area contributed by atoms with Crippen LogP contribution in [0.2, 0.25) is 5.02 Å². The fourth-order valence-corrected chi connectivity index (χ4v) is 3.23. The number of hydrogen-bond acceptors (Lipinski definition) is 1. The lowest BCUT2D eigenvalue weighted by atomic mass is 10.0. The lowest BCUT2D eigenvalue weighted by molar-refractivity contribution is -0.121. The molecule has 1 atom stereocenters. The number of hydrogen-bond donors (Lipinski definition) is 1. The molecule has 2 aromatic carbocycles. The van der Waals surface area contributed by atoms with E-state index in [0.717, 1.165) is 18.4 Å². The minimum Gasteiger partial charge on any atom is -0.349 e. The van der Waals surface area contributed by atoms with Crippen molar-refractivity contribution < 1.29 is 9.18 Å². The number of halogens is 2. The highest BCUT2D eigenvalue weighted by Crippen LogP contribution is 2.25. The van der Waals surface area contributed by atoms with Crippen LogP contribution in [0.3, 0.4) is 0 Å². The molecule has 1 N–H and O–H groups in total. The Morgan fingerprint density at radius 2 is 2.00 bits per heavy atom. The van der Waals surface area contributed by atoms with E-state index >= 15 is 0 Å². The van der Waals surface area contributed by atoms with Crippen LogP contribution in [-0.2, 0) is 24.1 Å². The second kappa shape index (κ2) is 6.71. The first-order valence-electron chi connectivity index (χ1n) is 7.88. The first-order chi connectivity index (χ1) is 11.0. The zero-order valence-corrected chi connectivity index (χ0v) is 13.8. The summed E-state index contributed by atoms with van der Waals surface area (Å²) < 4.78 is 13.8. The molecular weight excluding hydrogens is 313 g/mol. The van der Waals surface area contributed by atoms with E-state index in [1.165, 1.54) is 23.6 Å². The van der Waals surface area contributed by atoms with Crippen LogP contribution in [0, 0.1) is 5.82 Å². The van der Waals surface area contributed by atoms with Crippen LogP contribution >= 0.6 is 11.6 Å². The van der Waals surface area contributed by atoms with E-state index in [-0.39, 0.29) is 18.4 Å². The van der Waals surface area contributed by atoms with Gasteiger partial charge in [0.1, 0.15) is 5.82 Å². The van der Waals surface area contributed by atoms with Gasteiger partial charge in [-0.25, -0.2) is 4.39 Å². The Morgan fingerprint density at radius 3 is 2.78 bits per heavy atom. The molecule has 3 rings (SSSR count). The summed E-state index contributed by atoms with van der Waals surface area (Å²) in [5, 5.41) is 3.27. The molecule has 0 saturated heterocycles. The Hall–Kier alpha value is -1.87. The molecule has 0 heterocycles. The van der Waals surface area contributed by atoms with E-state index in [0.29, 0.717) is 10.6 Å². The molecule has 1 aliphatic carbocycles. The first kappa shape index (κ1) is 16.0. The van der Waals surface area contributed by atoms with E-state index in [2.05, 4.69) is 23.5 Å². The lowest BCUT2D eigenvalue weighted by Crippen LogP contribution is -2.28. The number of fused-ring (bicyclic) bond motifs is 1. The van der Waals surface area contributed by atoms with E-state index in [4.69, 9.17) is 11.6 Å². The first-order valence-corrected chi connectivity index (χ1v) is 8.26. The van der Waals surface area contributed by atoms with Gasteiger partial charge in [0.15, 0.2) is 0 Å². The lowest BCUT2D eigenvalue weighted by Gasteiger charge is -2.16. The number of nitrogens with one attached hydrogen (secondary N) is 1. The Labute approximate surface area is 140 Å². The molecule has 0 fully saturated rings. The van der Waals surface area contributed by atoms with Crippen LogP contribution < -0.4 is 5.32 Å². The maximum Gasteiger partial charge on any atom is 0.225 e.